The smallest absolute Gasteiger partial charge is 0.102 e. The second kappa shape index (κ2) is 5.97. The Morgan fingerprint density at radius 1 is 1.29 bits per heavy atom. The molecule has 1 saturated carbocycles. The summed E-state index contributed by atoms with van der Waals surface area (Å²) in [5.74, 6) is 0. The topological polar surface area (TPSA) is 35.8 Å². The van der Waals surface area contributed by atoms with E-state index in [4.69, 9.17) is 0 Å². The summed E-state index contributed by atoms with van der Waals surface area (Å²) in [7, 11) is 0. The van der Waals surface area contributed by atoms with Crippen molar-refractivity contribution < 1.29 is 0 Å². The number of benzene rings is 1. The van der Waals surface area contributed by atoms with Gasteiger partial charge in [-0.15, -0.1) is 11.8 Å². The predicted octanol–water partition coefficient (Wildman–Crippen LogP) is 4.02. The van der Waals surface area contributed by atoms with Crippen LogP contribution in [0.15, 0.2) is 23.1 Å². The molecule has 1 aromatic rings. The largest absolute Gasteiger partial charge is 0.381 e. The summed E-state index contributed by atoms with van der Waals surface area (Å²) < 4.78 is 0. The van der Waals surface area contributed by atoms with Gasteiger partial charge in [-0.25, -0.2) is 0 Å². The lowest BCUT2D eigenvalue weighted by Crippen LogP contribution is -2.22. The van der Waals surface area contributed by atoms with Crippen LogP contribution in [0.25, 0.3) is 0 Å². The van der Waals surface area contributed by atoms with E-state index in [0.29, 0.717) is 6.04 Å². The van der Waals surface area contributed by atoms with Gasteiger partial charge in [0.05, 0.1) is 11.3 Å². The fraction of sp³-hybridized carbons (Fsp3) is 0.500. The summed E-state index contributed by atoms with van der Waals surface area (Å²) in [6, 6.07) is 8.93. The lowest BCUT2D eigenvalue weighted by atomic mass is 9.95. The second-order valence-electron chi connectivity index (χ2n) is 4.47. The zero-order valence-electron chi connectivity index (χ0n) is 10.2. The van der Waals surface area contributed by atoms with E-state index < -0.39 is 0 Å². The fourth-order valence-electron chi connectivity index (χ4n) is 2.40. The van der Waals surface area contributed by atoms with Gasteiger partial charge in [-0.1, -0.05) is 25.3 Å². The Hall–Kier alpha value is -1.14. The van der Waals surface area contributed by atoms with Gasteiger partial charge in [0.25, 0.3) is 0 Å². The molecular weight excluding hydrogens is 228 g/mol. The molecule has 1 aliphatic rings. The number of thioether (sulfide) groups is 1. The van der Waals surface area contributed by atoms with Crippen molar-refractivity contribution in [3.8, 4) is 6.07 Å². The van der Waals surface area contributed by atoms with Crippen molar-refractivity contribution in [3.05, 3.63) is 23.8 Å². The second-order valence-corrected chi connectivity index (χ2v) is 5.32. The molecule has 1 aromatic carbocycles. The Morgan fingerprint density at radius 3 is 2.71 bits per heavy atom. The van der Waals surface area contributed by atoms with Gasteiger partial charge in [0.2, 0.25) is 0 Å². The summed E-state index contributed by atoms with van der Waals surface area (Å²) in [5, 5.41) is 12.8. The molecule has 2 rings (SSSR count). The van der Waals surface area contributed by atoms with Crippen molar-refractivity contribution in [2.45, 2.75) is 43.0 Å². The van der Waals surface area contributed by atoms with Crippen molar-refractivity contribution in [1.29, 1.82) is 5.26 Å². The van der Waals surface area contributed by atoms with E-state index in [2.05, 4.69) is 11.4 Å². The first kappa shape index (κ1) is 12.3. The zero-order valence-corrected chi connectivity index (χ0v) is 11.0. The average molecular weight is 246 g/mol. The van der Waals surface area contributed by atoms with Crippen molar-refractivity contribution >= 4 is 17.4 Å². The Bertz CT molecular complexity index is 417. The van der Waals surface area contributed by atoms with Crippen LogP contribution in [0.5, 0.6) is 0 Å². The molecule has 0 unspecified atom stereocenters. The average Bonchev–Trinajstić information content (AvgIpc) is 2.39. The predicted molar refractivity (Wildman–Crippen MR) is 73.4 cm³/mol. The molecule has 0 amide bonds. The van der Waals surface area contributed by atoms with Crippen LogP contribution in [0.3, 0.4) is 0 Å². The highest BCUT2D eigenvalue weighted by Crippen LogP contribution is 2.29. The van der Waals surface area contributed by atoms with E-state index in [1.54, 1.807) is 11.8 Å². The molecule has 1 N–H and O–H groups in total. The van der Waals surface area contributed by atoms with Crippen LogP contribution in [0, 0.1) is 11.3 Å². The van der Waals surface area contributed by atoms with Crippen LogP contribution < -0.4 is 5.32 Å². The fourth-order valence-corrected chi connectivity index (χ4v) is 2.98. The molecule has 17 heavy (non-hydrogen) atoms. The number of anilines is 1. The number of nitriles is 1. The summed E-state index contributed by atoms with van der Waals surface area (Å²) >= 11 is 1.63. The van der Waals surface area contributed by atoms with E-state index >= 15 is 0 Å². The first-order valence-electron chi connectivity index (χ1n) is 6.19. The SMILES string of the molecule is CSc1cccc(NC2CCCCC2)c1C#N. The van der Waals surface area contributed by atoms with Crippen molar-refractivity contribution in [2.75, 3.05) is 11.6 Å². The van der Waals surface area contributed by atoms with Crippen molar-refractivity contribution in [2.24, 2.45) is 0 Å². The molecule has 0 saturated heterocycles. The van der Waals surface area contributed by atoms with Crippen LogP contribution in [0.1, 0.15) is 37.7 Å². The molecular formula is C14H18N2S. The molecule has 0 aromatic heterocycles. The van der Waals surface area contributed by atoms with Crippen LogP contribution >= 0.6 is 11.8 Å². The maximum atomic E-state index is 9.26. The zero-order chi connectivity index (χ0) is 12.1. The quantitative estimate of drug-likeness (QED) is 0.818. The third kappa shape index (κ3) is 2.95. The monoisotopic (exact) mass is 246 g/mol. The van der Waals surface area contributed by atoms with Gasteiger partial charge < -0.3 is 5.32 Å². The molecule has 0 heterocycles. The van der Waals surface area contributed by atoms with Gasteiger partial charge in [0.15, 0.2) is 0 Å². The Kier molecular flexibility index (Phi) is 4.33. The number of rotatable bonds is 3. The highest BCUT2D eigenvalue weighted by molar-refractivity contribution is 7.98. The van der Waals surface area contributed by atoms with Gasteiger partial charge in [0.1, 0.15) is 6.07 Å². The Labute approximate surface area is 107 Å². The van der Waals surface area contributed by atoms with E-state index in [-0.39, 0.29) is 0 Å². The summed E-state index contributed by atoms with van der Waals surface area (Å²) in [4.78, 5) is 1.06. The number of nitrogens with one attached hydrogen (secondary N) is 1. The lowest BCUT2D eigenvalue weighted by Gasteiger charge is -2.24. The van der Waals surface area contributed by atoms with Crippen LogP contribution in [0.4, 0.5) is 5.69 Å². The normalized spacial score (nSPS) is 16.5. The van der Waals surface area contributed by atoms with E-state index in [1.165, 1.54) is 32.1 Å². The maximum Gasteiger partial charge on any atom is 0.102 e. The standard InChI is InChI=1S/C14H18N2S/c1-17-14-9-5-8-13(12(14)10-15)16-11-6-3-2-4-7-11/h5,8-9,11,16H,2-4,6-7H2,1H3. The highest BCUT2D eigenvalue weighted by atomic mass is 32.2. The molecule has 0 radical (unpaired) electrons. The summed E-state index contributed by atoms with van der Waals surface area (Å²) in [6.07, 6.45) is 8.45. The van der Waals surface area contributed by atoms with Gasteiger partial charge >= 0.3 is 0 Å². The van der Waals surface area contributed by atoms with Gasteiger partial charge in [-0.05, 0) is 31.2 Å². The first-order chi connectivity index (χ1) is 8.35. The van der Waals surface area contributed by atoms with E-state index in [1.807, 2.05) is 24.5 Å². The molecule has 1 fully saturated rings. The minimum Gasteiger partial charge on any atom is -0.381 e. The summed E-state index contributed by atoms with van der Waals surface area (Å²) in [6.45, 7) is 0. The molecule has 1 aliphatic carbocycles. The Balaban J connectivity index is 2.17. The maximum absolute atomic E-state index is 9.26. The first-order valence-corrected chi connectivity index (χ1v) is 7.41. The molecule has 0 aliphatic heterocycles. The number of nitrogens with zero attached hydrogens (tertiary/aromatic N) is 1. The van der Waals surface area contributed by atoms with Crippen LogP contribution in [0.2, 0.25) is 0 Å². The lowest BCUT2D eigenvalue weighted by molar-refractivity contribution is 0.462. The molecule has 0 atom stereocenters. The molecule has 0 bridgehead atoms. The van der Waals surface area contributed by atoms with Gasteiger partial charge in [-0.3, -0.25) is 0 Å². The van der Waals surface area contributed by atoms with E-state index in [9.17, 15) is 5.26 Å². The third-order valence-electron chi connectivity index (χ3n) is 3.32. The van der Waals surface area contributed by atoms with Crippen LogP contribution in [-0.4, -0.2) is 12.3 Å². The highest BCUT2D eigenvalue weighted by Gasteiger charge is 2.15. The number of hydrogen-bond donors (Lipinski definition) is 1. The molecule has 0 spiro atoms. The Morgan fingerprint density at radius 2 is 2.06 bits per heavy atom. The third-order valence-corrected chi connectivity index (χ3v) is 4.10. The minimum atomic E-state index is 0.549. The van der Waals surface area contributed by atoms with Crippen molar-refractivity contribution in [1.82, 2.24) is 0 Å². The summed E-state index contributed by atoms with van der Waals surface area (Å²) in [5.41, 5.74) is 1.80. The molecule has 2 nitrogen and oxygen atoms in total. The van der Waals surface area contributed by atoms with Crippen LogP contribution in [-0.2, 0) is 0 Å². The number of hydrogen-bond acceptors (Lipinski definition) is 3. The van der Waals surface area contributed by atoms with E-state index in [0.717, 1.165) is 16.1 Å². The van der Waals surface area contributed by atoms with Gasteiger partial charge in [0, 0.05) is 10.9 Å². The molecule has 3 heteroatoms. The van der Waals surface area contributed by atoms with Gasteiger partial charge in [-0.2, -0.15) is 5.26 Å². The van der Waals surface area contributed by atoms with Crippen molar-refractivity contribution in [3.63, 3.8) is 0 Å². The molecule has 90 valence electrons. The minimum absolute atomic E-state index is 0.549.